The molecule has 32 heavy (non-hydrogen) atoms. The lowest BCUT2D eigenvalue weighted by Gasteiger charge is -2.31. The van der Waals surface area contributed by atoms with E-state index in [4.69, 9.17) is 4.74 Å². The van der Waals surface area contributed by atoms with Crippen molar-refractivity contribution in [2.75, 3.05) is 16.8 Å². The Labute approximate surface area is 184 Å². The van der Waals surface area contributed by atoms with Crippen molar-refractivity contribution in [3.63, 3.8) is 0 Å². The molecule has 0 unspecified atom stereocenters. The standard InChI is InChI=1S/C20H20F3N3O5S/c1-11-10-32-19(30)25(11)7-3-4-17(28)31-12(2)18(29)26-9-16(27)24-14-8-13(20(21,22)23)5-6-15(14)26/h5-6,8,10,12H,3-4,7,9H2,1-2H3,(H,24,27)/t12-/m0/s1. The summed E-state index contributed by atoms with van der Waals surface area (Å²) in [5.74, 6) is -2.07. The van der Waals surface area contributed by atoms with Crippen molar-refractivity contribution in [1.82, 2.24) is 4.57 Å². The number of amides is 2. The van der Waals surface area contributed by atoms with Gasteiger partial charge >= 0.3 is 17.0 Å². The summed E-state index contributed by atoms with van der Waals surface area (Å²) in [4.78, 5) is 49.4. The summed E-state index contributed by atoms with van der Waals surface area (Å²) < 4.78 is 45.5. The molecular weight excluding hydrogens is 451 g/mol. The molecule has 0 radical (unpaired) electrons. The van der Waals surface area contributed by atoms with Crippen LogP contribution >= 0.6 is 11.3 Å². The summed E-state index contributed by atoms with van der Waals surface area (Å²) >= 11 is 1.06. The first-order valence-corrected chi connectivity index (χ1v) is 10.5. The molecular formula is C20H20F3N3O5S. The number of hydrogen-bond acceptors (Lipinski definition) is 6. The van der Waals surface area contributed by atoms with Gasteiger partial charge in [0.15, 0.2) is 6.10 Å². The third-order valence-corrected chi connectivity index (χ3v) is 5.73. The molecule has 0 spiro atoms. The van der Waals surface area contributed by atoms with Gasteiger partial charge in [-0.25, -0.2) is 0 Å². The van der Waals surface area contributed by atoms with Gasteiger partial charge in [0.2, 0.25) is 5.91 Å². The van der Waals surface area contributed by atoms with Crippen molar-refractivity contribution in [2.24, 2.45) is 0 Å². The summed E-state index contributed by atoms with van der Waals surface area (Å²) in [7, 11) is 0. The van der Waals surface area contributed by atoms with Crippen LogP contribution in [0.2, 0.25) is 0 Å². The SMILES string of the molecule is Cc1csc(=O)n1CCCC(=O)O[C@@H](C)C(=O)N1CC(=O)Nc2cc(C(F)(F)F)ccc21. The van der Waals surface area contributed by atoms with Crippen LogP contribution in [0.4, 0.5) is 24.5 Å². The highest BCUT2D eigenvalue weighted by molar-refractivity contribution is 7.07. The molecule has 1 N–H and O–H groups in total. The Morgan fingerprint density at radius 1 is 1.28 bits per heavy atom. The molecule has 1 aromatic carbocycles. The number of aryl methyl sites for hydroxylation is 1. The Morgan fingerprint density at radius 2 is 2.00 bits per heavy atom. The average Bonchev–Trinajstić information content (AvgIpc) is 3.03. The van der Waals surface area contributed by atoms with Crippen LogP contribution in [0.3, 0.4) is 0 Å². The van der Waals surface area contributed by atoms with E-state index in [1.165, 1.54) is 11.5 Å². The summed E-state index contributed by atoms with van der Waals surface area (Å²) in [6.45, 7) is 3.01. The van der Waals surface area contributed by atoms with Crippen molar-refractivity contribution in [3.05, 3.63) is 44.5 Å². The van der Waals surface area contributed by atoms with Gasteiger partial charge in [-0.05, 0) is 38.5 Å². The highest BCUT2D eigenvalue weighted by atomic mass is 32.1. The average molecular weight is 471 g/mol. The predicted octanol–water partition coefficient (Wildman–Crippen LogP) is 2.93. The first kappa shape index (κ1) is 23.5. The first-order chi connectivity index (χ1) is 15.0. The monoisotopic (exact) mass is 471 g/mol. The van der Waals surface area contributed by atoms with Gasteiger partial charge in [0.1, 0.15) is 6.54 Å². The zero-order chi connectivity index (χ0) is 23.6. The largest absolute Gasteiger partial charge is 0.453 e. The Morgan fingerprint density at radius 3 is 2.62 bits per heavy atom. The van der Waals surface area contributed by atoms with Crippen molar-refractivity contribution < 1.29 is 32.3 Å². The van der Waals surface area contributed by atoms with Crippen molar-refractivity contribution >= 4 is 40.5 Å². The Hall–Kier alpha value is -3.15. The number of benzene rings is 1. The molecule has 1 aliphatic rings. The Kier molecular flexibility index (Phi) is 6.72. The minimum absolute atomic E-state index is 0.0363. The van der Waals surface area contributed by atoms with Gasteiger partial charge in [0.25, 0.3) is 5.91 Å². The number of halogens is 3. The number of hydrogen-bond donors (Lipinski definition) is 1. The first-order valence-electron chi connectivity index (χ1n) is 9.64. The number of anilines is 2. The molecule has 0 saturated carbocycles. The number of ether oxygens (including phenoxy) is 1. The molecule has 2 heterocycles. The lowest BCUT2D eigenvalue weighted by Crippen LogP contribution is -2.47. The summed E-state index contributed by atoms with van der Waals surface area (Å²) in [5, 5.41) is 4.03. The number of rotatable bonds is 6. The molecule has 2 amide bonds. The van der Waals surface area contributed by atoms with E-state index in [0.717, 1.165) is 40.1 Å². The summed E-state index contributed by atoms with van der Waals surface area (Å²) in [6, 6.07) is 2.64. The Bertz CT molecular complexity index is 1110. The van der Waals surface area contributed by atoms with Crippen molar-refractivity contribution in [2.45, 2.75) is 45.5 Å². The normalized spacial score (nSPS) is 14.5. The predicted molar refractivity (Wildman–Crippen MR) is 111 cm³/mol. The van der Waals surface area contributed by atoms with Gasteiger partial charge in [0.05, 0.1) is 16.9 Å². The Balaban J connectivity index is 1.63. The maximum absolute atomic E-state index is 12.9. The van der Waals surface area contributed by atoms with Crippen LogP contribution in [0.1, 0.15) is 31.0 Å². The highest BCUT2D eigenvalue weighted by Crippen LogP contribution is 2.37. The minimum atomic E-state index is -4.61. The fraction of sp³-hybridized carbons (Fsp3) is 0.400. The second-order valence-electron chi connectivity index (χ2n) is 7.23. The quantitative estimate of drug-likeness (QED) is 0.654. The van der Waals surface area contributed by atoms with Crippen LogP contribution in [-0.4, -0.2) is 35.0 Å². The van der Waals surface area contributed by atoms with E-state index < -0.39 is 42.2 Å². The number of nitrogens with one attached hydrogen (secondary N) is 1. The summed E-state index contributed by atoms with van der Waals surface area (Å²) in [6.07, 6.45) is -5.58. The minimum Gasteiger partial charge on any atom is -0.453 e. The fourth-order valence-electron chi connectivity index (χ4n) is 3.25. The molecule has 0 aliphatic carbocycles. The molecule has 172 valence electrons. The van der Waals surface area contributed by atoms with E-state index in [0.29, 0.717) is 13.0 Å². The van der Waals surface area contributed by atoms with E-state index in [1.807, 2.05) is 0 Å². The fourth-order valence-corrected chi connectivity index (χ4v) is 4.01. The van der Waals surface area contributed by atoms with Gasteiger partial charge in [-0.15, -0.1) is 0 Å². The number of carbonyl (C=O) groups excluding carboxylic acids is 3. The van der Waals surface area contributed by atoms with Crippen molar-refractivity contribution in [1.29, 1.82) is 0 Å². The van der Waals surface area contributed by atoms with Crippen LogP contribution in [0.15, 0.2) is 28.4 Å². The lowest BCUT2D eigenvalue weighted by atomic mass is 10.1. The van der Waals surface area contributed by atoms with Crippen LogP contribution in [0, 0.1) is 6.92 Å². The number of fused-ring (bicyclic) bond motifs is 1. The maximum atomic E-state index is 12.9. The molecule has 0 bridgehead atoms. The number of thiazole rings is 1. The molecule has 8 nitrogen and oxygen atoms in total. The summed E-state index contributed by atoms with van der Waals surface area (Å²) in [5.41, 5.74) is -0.254. The zero-order valence-corrected chi connectivity index (χ0v) is 18.0. The molecule has 0 saturated heterocycles. The molecule has 2 aromatic rings. The highest BCUT2D eigenvalue weighted by Gasteiger charge is 2.35. The lowest BCUT2D eigenvalue weighted by molar-refractivity contribution is -0.154. The van der Waals surface area contributed by atoms with Crippen molar-refractivity contribution in [3.8, 4) is 0 Å². The smallest absolute Gasteiger partial charge is 0.416 e. The maximum Gasteiger partial charge on any atom is 0.416 e. The number of esters is 1. The van der Waals surface area contributed by atoms with E-state index in [-0.39, 0.29) is 22.7 Å². The number of alkyl halides is 3. The molecule has 1 aromatic heterocycles. The van der Waals surface area contributed by atoms with E-state index in [9.17, 15) is 32.3 Å². The van der Waals surface area contributed by atoms with Gasteiger partial charge in [-0.1, -0.05) is 11.3 Å². The van der Waals surface area contributed by atoms with Gasteiger partial charge < -0.3 is 14.6 Å². The van der Waals surface area contributed by atoms with Crippen LogP contribution in [0.5, 0.6) is 0 Å². The second kappa shape index (κ2) is 9.15. The van der Waals surface area contributed by atoms with Gasteiger partial charge in [0, 0.05) is 24.0 Å². The second-order valence-corrected chi connectivity index (χ2v) is 8.05. The molecule has 12 heteroatoms. The number of nitrogens with zero attached hydrogens (tertiary/aromatic N) is 2. The van der Waals surface area contributed by atoms with E-state index in [1.54, 1.807) is 12.3 Å². The zero-order valence-electron chi connectivity index (χ0n) is 17.2. The molecule has 1 aliphatic heterocycles. The van der Waals surface area contributed by atoms with Crippen LogP contribution < -0.4 is 15.1 Å². The third kappa shape index (κ3) is 5.18. The number of aromatic nitrogens is 1. The number of carbonyl (C=O) groups is 3. The topological polar surface area (TPSA) is 97.7 Å². The van der Waals surface area contributed by atoms with E-state index in [2.05, 4.69) is 5.32 Å². The van der Waals surface area contributed by atoms with Gasteiger partial charge in [-0.2, -0.15) is 13.2 Å². The third-order valence-electron chi connectivity index (χ3n) is 4.85. The molecule has 0 fully saturated rings. The van der Waals surface area contributed by atoms with Crippen LogP contribution in [-0.2, 0) is 31.8 Å². The van der Waals surface area contributed by atoms with Gasteiger partial charge in [-0.3, -0.25) is 24.1 Å². The molecule has 1 atom stereocenters. The van der Waals surface area contributed by atoms with Crippen LogP contribution in [0.25, 0.3) is 0 Å². The van der Waals surface area contributed by atoms with E-state index >= 15 is 0 Å². The molecule has 3 rings (SSSR count).